The van der Waals surface area contributed by atoms with Gasteiger partial charge in [-0.25, -0.2) is 4.98 Å². The fraction of sp³-hybridized carbons (Fsp3) is 0.706. The van der Waals surface area contributed by atoms with E-state index in [0.717, 1.165) is 18.9 Å². The lowest BCUT2D eigenvalue weighted by Gasteiger charge is -2.27. The standard InChI is InChI=1S/C17H30N4/c1-13(2)18-10-15-9-14(3)17(19-11-15)21(5)12-16-7-6-8-20(16)4/h9,11,13,16,18H,6-8,10,12H2,1-5H3. The van der Waals surface area contributed by atoms with Crippen molar-refractivity contribution in [1.29, 1.82) is 0 Å². The van der Waals surface area contributed by atoms with Crippen molar-refractivity contribution in [3.8, 4) is 0 Å². The van der Waals surface area contributed by atoms with Crippen molar-refractivity contribution in [3.05, 3.63) is 23.4 Å². The lowest BCUT2D eigenvalue weighted by Crippen LogP contribution is -2.37. The third-order valence-electron chi connectivity index (χ3n) is 4.34. The molecule has 4 heteroatoms. The molecule has 0 aliphatic carbocycles. The van der Waals surface area contributed by atoms with Crippen LogP contribution in [0.4, 0.5) is 5.82 Å². The third kappa shape index (κ3) is 4.42. The van der Waals surface area contributed by atoms with Gasteiger partial charge in [-0.1, -0.05) is 13.8 Å². The quantitative estimate of drug-likeness (QED) is 0.872. The zero-order valence-corrected chi connectivity index (χ0v) is 14.2. The van der Waals surface area contributed by atoms with Crippen LogP contribution in [-0.4, -0.2) is 49.2 Å². The lowest BCUT2D eigenvalue weighted by molar-refractivity contribution is 0.314. The van der Waals surface area contributed by atoms with Gasteiger partial charge in [0.25, 0.3) is 0 Å². The van der Waals surface area contributed by atoms with Gasteiger partial charge < -0.3 is 15.1 Å². The topological polar surface area (TPSA) is 31.4 Å². The predicted octanol–water partition coefficient (Wildman–Crippen LogP) is 2.42. The van der Waals surface area contributed by atoms with E-state index in [1.54, 1.807) is 0 Å². The van der Waals surface area contributed by atoms with Crippen LogP contribution in [0.1, 0.15) is 37.8 Å². The van der Waals surface area contributed by atoms with Gasteiger partial charge in [-0.15, -0.1) is 0 Å². The van der Waals surface area contributed by atoms with Gasteiger partial charge in [0.05, 0.1) is 0 Å². The highest BCUT2D eigenvalue weighted by Gasteiger charge is 2.23. The van der Waals surface area contributed by atoms with Crippen molar-refractivity contribution < 1.29 is 0 Å². The first-order valence-electron chi connectivity index (χ1n) is 8.07. The number of aryl methyl sites for hydroxylation is 1. The second-order valence-corrected chi connectivity index (χ2v) is 6.68. The third-order valence-corrected chi connectivity index (χ3v) is 4.34. The molecule has 0 aromatic carbocycles. The number of hydrogen-bond donors (Lipinski definition) is 1. The minimum atomic E-state index is 0.505. The van der Waals surface area contributed by atoms with Crippen molar-refractivity contribution in [2.75, 3.05) is 32.1 Å². The Morgan fingerprint density at radius 2 is 2.24 bits per heavy atom. The largest absolute Gasteiger partial charge is 0.358 e. The monoisotopic (exact) mass is 290 g/mol. The molecule has 1 N–H and O–H groups in total. The summed E-state index contributed by atoms with van der Waals surface area (Å²) in [5, 5.41) is 3.44. The van der Waals surface area contributed by atoms with E-state index in [9.17, 15) is 0 Å². The van der Waals surface area contributed by atoms with Gasteiger partial charge in [-0.2, -0.15) is 0 Å². The Labute approximate surface area is 129 Å². The van der Waals surface area contributed by atoms with E-state index >= 15 is 0 Å². The Kier molecular flexibility index (Phi) is 5.59. The summed E-state index contributed by atoms with van der Waals surface area (Å²) in [7, 11) is 4.39. The number of rotatable bonds is 6. The van der Waals surface area contributed by atoms with Gasteiger partial charge in [0.2, 0.25) is 0 Å². The minimum Gasteiger partial charge on any atom is -0.358 e. The smallest absolute Gasteiger partial charge is 0.131 e. The summed E-state index contributed by atoms with van der Waals surface area (Å²) in [5.74, 6) is 1.11. The molecule has 1 saturated heterocycles. The van der Waals surface area contributed by atoms with Gasteiger partial charge in [0.15, 0.2) is 0 Å². The van der Waals surface area contributed by atoms with E-state index in [0.29, 0.717) is 12.1 Å². The second kappa shape index (κ2) is 7.23. The molecule has 0 bridgehead atoms. The van der Waals surface area contributed by atoms with Crippen LogP contribution in [0.5, 0.6) is 0 Å². The highest BCUT2D eigenvalue weighted by molar-refractivity contribution is 5.46. The molecule has 0 spiro atoms. The molecule has 21 heavy (non-hydrogen) atoms. The van der Waals surface area contributed by atoms with Crippen molar-refractivity contribution in [2.45, 2.75) is 52.2 Å². The van der Waals surface area contributed by atoms with Crippen LogP contribution >= 0.6 is 0 Å². The molecule has 0 amide bonds. The number of nitrogens with one attached hydrogen (secondary N) is 1. The molecule has 1 aliphatic rings. The maximum atomic E-state index is 4.69. The highest BCUT2D eigenvalue weighted by atomic mass is 15.2. The first-order valence-corrected chi connectivity index (χ1v) is 8.07. The van der Waals surface area contributed by atoms with E-state index in [4.69, 9.17) is 4.98 Å². The van der Waals surface area contributed by atoms with Crippen LogP contribution in [0.3, 0.4) is 0 Å². The van der Waals surface area contributed by atoms with Crippen LogP contribution in [0, 0.1) is 6.92 Å². The molecule has 2 heterocycles. The van der Waals surface area contributed by atoms with Crippen molar-refractivity contribution in [1.82, 2.24) is 15.2 Å². The van der Waals surface area contributed by atoms with Crippen molar-refractivity contribution in [2.24, 2.45) is 0 Å². The molecule has 1 aromatic heterocycles. The minimum absolute atomic E-state index is 0.505. The van der Waals surface area contributed by atoms with Gasteiger partial charge in [0.1, 0.15) is 5.82 Å². The highest BCUT2D eigenvalue weighted by Crippen LogP contribution is 2.21. The Bertz CT molecular complexity index is 458. The molecule has 4 nitrogen and oxygen atoms in total. The Balaban J connectivity index is 1.99. The van der Waals surface area contributed by atoms with Gasteiger partial charge in [0, 0.05) is 38.4 Å². The summed E-state index contributed by atoms with van der Waals surface area (Å²) >= 11 is 0. The second-order valence-electron chi connectivity index (χ2n) is 6.68. The van der Waals surface area contributed by atoms with Crippen molar-refractivity contribution >= 4 is 5.82 Å². The maximum absolute atomic E-state index is 4.69. The molecule has 0 radical (unpaired) electrons. The Morgan fingerprint density at radius 1 is 1.48 bits per heavy atom. The average Bonchev–Trinajstić information content (AvgIpc) is 2.82. The summed E-state index contributed by atoms with van der Waals surface area (Å²) in [6, 6.07) is 3.43. The molecule has 1 aliphatic heterocycles. The van der Waals surface area contributed by atoms with Crippen LogP contribution in [0.15, 0.2) is 12.3 Å². The van der Waals surface area contributed by atoms with E-state index in [-0.39, 0.29) is 0 Å². The molecule has 118 valence electrons. The summed E-state index contributed by atoms with van der Waals surface area (Å²) in [4.78, 5) is 9.46. The molecule has 1 atom stereocenters. The molecule has 1 unspecified atom stereocenters. The SMILES string of the molecule is Cc1cc(CNC(C)C)cnc1N(C)CC1CCCN1C. The van der Waals surface area contributed by atoms with Gasteiger partial charge >= 0.3 is 0 Å². The molecule has 2 rings (SSSR count). The van der Waals surface area contributed by atoms with Crippen LogP contribution in [0.25, 0.3) is 0 Å². The molecular formula is C17H30N4. The summed E-state index contributed by atoms with van der Waals surface area (Å²) in [6.07, 6.45) is 4.63. The predicted molar refractivity (Wildman–Crippen MR) is 89.9 cm³/mol. The van der Waals surface area contributed by atoms with E-state index in [1.807, 2.05) is 6.20 Å². The number of likely N-dealkylation sites (tertiary alicyclic amines) is 1. The van der Waals surface area contributed by atoms with Gasteiger partial charge in [-0.05, 0) is 50.6 Å². The van der Waals surface area contributed by atoms with Crippen LogP contribution in [0.2, 0.25) is 0 Å². The molecule has 1 fully saturated rings. The number of pyridine rings is 1. The number of hydrogen-bond acceptors (Lipinski definition) is 4. The number of aromatic nitrogens is 1. The van der Waals surface area contributed by atoms with Crippen LogP contribution < -0.4 is 10.2 Å². The van der Waals surface area contributed by atoms with Crippen molar-refractivity contribution in [3.63, 3.8) is 0 Å². The first kappa shape index (κ1) is 16.2. The van der Waals surface area contributed by atoms with E-state index in [2.05, 4.69) is 56.0 Å². The zero-order valence-electron chi connectivity index (χ0n) is 14.2. The van der Waals surface area contributed by atoms with E-state index in [1.165, 1.54) is 30.5 Å². The number of likely N-dealkylation sites (N-methyl/N-ethyl adjacent to an activating group) is 2. The number of anilines is 1. The normalized spacial score (nSPS) is 19.4. The molecule has 0 saturated carbocycles. The lowest BCUT2D eigenvalue weighted by atomic mass is 10.1. The molecule has 1 aromatic rings. The number of nitrogens with zero attached hydrogens (tertiary/aromatic N) is 3. The van der Waals surface area contributed by atoms with Crippen LogP contribution in [-0.2, 0) is 6.54 Å². The zero-order chi connectivity index (χ0) is 15.4. The average molecular weight is 290 g/mol. The van der Waals surface area contributed by atoms with Gasteiger partial charge in [-0.3, -0.25) is 0 Å². The summed E-state index contributed by atoms with van der Waals surface area (Å²) in [5.41, 5.74) is 2.53. The first-order chi connectivity index (χ1) is 9.97. The van der Waals surface area contributed by atoms with E-state index < -0.39 is 0 Å². The Morgan fingerprint density at radius 3 is 2.81 bits per heavy atom. The fourth-order valence-electron chi connectivity index (χ4n) is 3.06. The molecular weight excluding hydrogens is 260 g/mol. The summed E-state index contributed by atoms with van der Waals surface area (Å²) < 4.78 is 0. The maximum Gasteiger partial charge on any atom is 0.131 e. The Hall–Kier alpha value is -1.13. The summed E-state index contributed by atoms with van der Waals surface area (Å²) in [6.45, 7) is 9.68. The fourth-order valence-corrected chi connectivity index (χ4v) is 3.06.